The van der Waals surface area contributed by atoms with Gasteiger partial charge in [0.2, 0.25) is 0 Å². The van der Waals surface area contributed by atoms with Crippen LogP contribution in [0.4, 0.5) is 0 Å². The largest absolute Gasteiger partial charge is 0.487 e. The summed E-state index contributed by atoms with van der Waals surface area (Å²) in [6, 6.07) is 7.99. The van der Waals surface area contributed by atoms with Crippen molar-refractivity contribution in [3.63, 3.8) is 0 Å². The van der Waals surface area contributed by atoms with Crippen molar-refractivity contribution in [2.24, 2.45) is 0 Å². The first-order valence-electron chi connectivity index (χ1n) is 10.3. The highest BCUT2D eigenvalue weighted by Gasteiger charge is 2.15. The highest BCUT2D eigenvalue weighted by molar-refractivity contribution is 8.01. The molecular weight excluding hydrogens is 474 g/mol. The van der Waals surface area contributed by atoms with Crippen molar-refractivity contribution in [1.82, 2.24) is 24.5 Å². The number of imidazole rings is 1. The highest BCUT2D eigenvalue weighted by atomic mass is 35.5. The smallest absolute Gasteiger partial charge is 0.155 e. The number of halogens is 1. The van der Waals surface area contributed by atoms with Gasteiger partial charge < -0.3 is 9.30 Å². The number of para-hydroxylation sites is 1. The van der Waals surface area contributed by atoms with Gasteiger partial charge in [-0.15, -0.1) is 11.3 Å². The van der Waals surface area contributed by atoms with E-state index in [-0.39, 0.29) is 0 Å². The molecule has 0 unspecified atom stereocenters. The maximum absolute atomic E-state index is 6.54. The van der Waals surface area contributed by atoms with Gasteiger partial charge in [0.15, 0.2) is 4.34 Å². The number of rotatable bonds is 6. The molecule has 6 nitrogen and oxygen atoms in total. The molecule has 0 bridgehead atoms. The van der Waals surface area contributed by atoms with E-state index >= 15 is 0 Å². The zero-order chi connectivity index (χ0) is 22.9. The maximum atomic E-state index is 6.54. The molecule has 0 atom stereocenters. The van der Waals surface area contributed by atoms with E-state index in [0.717, 1.165) is 42.8 Å². The molecule has 0 radical (unpaired) electrons. The number of ether oxygens (including phenoxy) is 1. The number of nitrogens with zero attached hydrogens (tertiary/aromatic N) is 5. The van der Waals surface area contributed by atoms with Crippen LogP contribution in [-0.2, 0) is 6.61 Å². The number of hydrogen-bond donors (Lipinski definition) is 0. The van der Waals surface area contributed by atoms with Crippen LogP contribution in [0.3, 0.4) is 0 Å². The van der Waals surface area contributed by atoms with Gasteiger partial charge in [-0.05, 0) is 32.9 Å². The molecule has 5 rings (SSSR count). The topological polar surface area (TPSA) is 65.7 Å². The Morgan fingerprint density at radius 1 is 1.12 bits per heavy atom. The molecule has 0 aliphatic rings. The van der Waals surface area contributed by atoms with E-state index in [9.17, 15) is 0 Å². The molecule has 0 amide bonds. The van der Waals surface area contributed by atoms with Gasteiger partial charge in [0, 0.05) is 51.2 Å². The molecule has 0 fully saturated rings. The first-order valence-corrected chi connectivity index (χ1v) is 12.3. The number of thiazole rings is 1. The molecule has 0 saturated heterocycles. The van der Waals surface area contributed by atoms with Gasteiger partial charge in [0.05, 0.1) is 22.7 Å². The van der Waals surface area contributed by atoms with Crippen molar-refractivity contribution in [2.75, 3.05) is 0 Å². The standard InChI is InChI=1S/C24H20ClN5OS2/c1-14-9-20(30-8-7-26-13-30)17-5-4-6-21(23(17)28-14)31-12-18-19(25)10-27-11-22(18)33-24-29-15(2)16(3)32-24/h4-11,13H,12H2,1-3H3. The fourth-order valence-electron chi connectivity index (χ4n) is 3.46. The lowest BCUT2D eigenvalue weighted by Gasteiger charge is -2.14. The quantitative estimate of drug-likeness (QED) is 0.266. The van der Waals surface area contributed by atoms with Gasteiger partial charge in [-0.25, -0.2) is 15.0 Å². The van der Waals surface area contributed by atoms with Gasteiger partial charge in [-0.1, -0.05) is 35.5 Å². The number of hydrogen-bond acceptors (Lipinski definition) is 7. The Morgan fingerprint density at radius 2 is 2.00 bits per heavy atom. The van der Waals surface area contributed by atoms with Crippen molar-refractivity contribution >= 4 is 45.6 Å². The Kier molecular flexibility index (Phi) is 6.05. The molecule has 0 aliphatic carbocycles. The molecular formula is C24H20ClN5OS2. The number of benzene rings is 1. The zero-order valence-corrected chi connectivity index (χ0v) is 20.6. The fourth-order valence-corrected chi connectivity index (χ4v) is 5.96. The van der Waals surface area contributed by atoms with Crippen LogP contribution in [-0.4, -0.2) is 24.5 Å². The third-order valence-electron chi connectivity index (χ3n) is 5.23. The molecule has 4 heterocycles. The molecule has 0 spiro atoms. The summed E-state index contributed by atoms with van der Waals surface area (Å²) in [5.41, 5.74) is 4.62. The zero-order valence-electron chi connectivity index (χ0n) is 18.2. The molecule has 0 aliphatic heterocycles. The predicted molar refractivity (Wildman–Crippen MR) is 133 cm³/mol. The second-order valence-corrected chi connectivity index (χ2v) is 10.4. The first-order chi connectivity index (χ1) is 16.0. The molecule has 0 saturated carbocycles. The first kappa shape index (κ1) is 21.9. The van der Waals surface area contributed by atoms with Crippen molar-refractivity contribution < 1.29 is 4.74 Å². The minimum atomic E-state index is 0.294. The summed E-state index contributed by atoms with van der Waals surface area (Å²) in [7, 11) is 0. The fraction of sp³-hybridized carbons (Fsp3) is 0.167. The summed E-state index contributed by atoms with van der Waals surface area (Å²) >= 11 is 9.76. The van der Waals surface area contributed by atoms with Gasteiger partial charge >= 0.3 is 0 Å². The van der Waals surface area contributed by atoms with Crippen molar-refractivity contribution in [3.8, 4) is 11.4 Å². The lowest BCUT2D eigenvalue weighted by atomic mass is 10.1. The summed E-state index contributed by atoms with van der Waals surface area (Å²) < 4.78 is 9.23. The van der Waals surface area contributed by atoms with E-state index in [1.165, 1.54) is 4.88 Å². The van der Waals surface area contributed by atoms with Gasteiger partial charge in [-0.2, -0.15) is 0 Å². The van der Waals surface area contributed by atoms with E-state index in [0.29, 0.717) is 17.4 Å². The minimum absolute atomic E-state index is 0.294. The average Bonchev–Trinajstić information content (AvgIpc) is 3.43. The molecule has 1 aromatic carbocycles. The molecule has 166 valence electrons. The van der Waals surface area contributed by atoms with E-state index in [1.807, 2.05) is 55.1 Å². The number of fused-ring (bicyclic) bond motifs is 1. The van der Waals surface area contributed by atoms with Gasteiger partial charge in [-0.3, -0.25) is 4.98 Å². The van der Waals surface area contributed by atoms with Crippen molar-refractivity contribution in [2.45, 2.75) is 36.6 Å². The SMILES string of the molecule is Cc1cc(-n2ccnc2)c2cccc(OCc3c(Cl)cncc3Sc3nc(C)c(C)s3)c2n1. The molecule has 4 aromatic heterocycles. The Labute approximate surface area is 204 Å². The Hall–Kier alpha value is -2.94. The van der Waals surface area contributed by atoms with Crippen LogP contribution < -0.4 is 4.74 Å². The van der Waals surface area contributed by atoms with Crippen molar-refractivity contribution in [3.05, 3.63) is 82.2 Å². The molecule has 33 heavy (non-hydrogen) atoms. The normalized spacial score (nSPS) is 11.3. The van der Waals surface area contributed by atoms with Crippen LogP contribution >= 0.6 is 34.7 Å². The van der Waals surface area contributed by atoms with Crippen LogP contribution in [0.5, 0.6) is 5.75 Å². The maximum Gasteiger partial charge on any atom is 0.155 e. The third kappa shape index (κ3) is 4.46. The Morgan fingerprint density at radius 3 is 2.76 bits per heavy atom. The van der Waals surface area contributed by atoms with Crippen LogP contribution in [0.25, 0.3) is 16.6 Å². The lowest BCUT2D eigenvalue weighted by molar-refractivity contribution is 0.306. The van der Waals surface area contributed by atoms with Gasteiger partial charge in [0.1, 0.15) is 17.9 Å². The van der Waals surface area contributed by atoms with E-state index in [2.05, 4.69) is 21.9 Å². The second kappa shape index (κ2) is 9.13. The lowest BCUT2D eigenvalue weighted by Crippen LogP contribution is -2.02. The van der Waals surface area contributed by atoms with E-state index < -0.39 is 0 Å². The summed E-state index contributed by atoms with van der Waals surface area (Å²) in [5, 5.41) is 1.55. The Bertz CT molecular complexity index is 1430. The monoisotopic (exact) mass is 493 g/mol. The highest BCUT2D eigenvalue weighted by Crippen LogP contribution is 2.37. The summed E-state index contributed by atoms with van der Waals surface area (Å²) in [4.78, 5) is 20.0. The summed E-state index contributed by atoms with van der Waals surface area (Å²) in [5.74, 6) is 0.697. The second-order valence-electron chi connectivity index (χ2n) is 7.52. The Balaban J connectivity index is 1.48. The summed E-state index contributed by atoms with van der Waals surface area (Å²) in [6.07, 6.45) is 8.92. The molecule has 0 N–H and O–H groups in total. The van der Waals surface area contributed by atoms with E-state index in [4.69, 9.17) is 21.3 Å². The molecule has 9 heteroatoms. The van der Waals surface area contributed by atoms with E-state index in [1.54, 1.807) is 41.8 Å². The molecule has 5 aromatic rings. The predicted octanol–water partition coefficient (Wildman–Crippen LogP) is 6.58. The number of aromatic nitrogens is 5. The summed E-state index contributed by atoms with van der Waals surface area (Å²) in [6.45, 7) is 6.36. The van der Waals surface area contributed by atoms with Gasteiger partial charge in [0.25, 0.3) is 0 Å². The average molecular weight is 494 g/mol. The van der Waals surface area contributed by atoms with Crippen molar-refractivity contribution in [1.29, 1.82) is 0 Å². The third-order valence-corrected chi connectivity index (χ3v) is 7.77. The van der Waals surface area contributed by atoms with Crippen LogP contribution in [0.1, 0.15) is 21.8 Å². The van der Waals surface area contributed by atoms with Crippen LogP contribution in [0.15, 0.2) is 64.6 Å². The van der Waals surface area contributed by atoms with Crippen LogP contribution in [0.2, 0.25) is 5.02 Å². The minimum Gasteiger partial charge on any atom is -0.487 e. The number of pyridine rings is 2. The van der Waals surface area contributed by atoms with Crippen LogP contribution in [0, 0.1) is 20.8 Å². The number of aryl methyl sites for hydroxylation is 3.